The Morgan fingerprint density at radius 1 is 1.36 bits per heavy atom. The summed E-state index contributed by atoms with van der Waals surface area (Å²) in [7, 11) is 0. The SMILES string of the molecule is O=C(O)/C=C(/c1ccccc1)[N+](=O)[O-]. The van der Waals surface area contributed by atoms with E-state index in [1.54, 1.807) is 18.2 Å². The topological polar surface area (TPSA) is 80.4 Å². The molecule has 5 nitrogen and oxygen atoms in total. The summed E-state index contributed by atoms with van der Waals surface area (Å²) in [6.45, 7) is 0. The van der Waals surface area contributed by atoms with Crippen molar-refractivity contribution in [1.82, 2.24) is 0 Å². The molecule has 0 saturated carbocycles. The standard InChI is InChI=1S/C9H7NO4/c11-9(12)6-8(10(13)14)7-4-2-1-3-5-7/h1-6H,(H,11,12)/b8-6-. The monoisotopic (exact) mass is 193 g/mol. The van der Waals surface area contributed by atoms with E-state index >= 15 is 0 Å². The number of hydrogen-bond donors (Lipinski definition) is 1. The maximum Gasteiger partial charge on any atom is 0.335 e. The van der Waals surface area contributed by atoms with E-state index in [0.29, 0.717) is 6.08 Å². The molecule has 0 heterocycles. The molecule has 0 spiro atoms. The molecule has 0 aromatic heterocycles. The van der Waals surface area contributed by atoms with Gasteiger partial charge in [-0.05, 0) is 12.1 Å². The third kappa shape index (κ3) is 2.41. The lowest BCUT2D eigenvalue weighted by Crippen LogP contribution is -2.01. The van der Waals surface area contributed by atoms with Gasteiger partial charge in [0.15, 0.2) is 0 Å². The van der Waals surface area contributed by atoms with E-state index in [1.165, 1.54) is 12.1 Å². The highest BCUT2D eigenvalue weighted by molar-refractivity contribution is 5.87. The average molecular weight is 193 g/mol. The smallest absolute Gasteiger partial charge is 0.335 e. The molecule has 0 fully saturated rings. The van der Waals surface area contributed by atoms with Crippen LogP contribution in [0, 0.1) is 10.1 Å². The van der Waals surface area contributed by atoms with Crippen LogP contribution in [0.2, 0.25) is 0 Å². The molecule has 0 unspecified atom stereocenters. The fraction of sp³-hybridized carbons (Fsp3) is 0. The summed E-state index contributed by atoms with van der Waals surface area (Å²) in [5.74, 6) is -1.33. The van der Waals surface area contributed by atoms with Crippen molar-refractivity contribution in [2.75, 3.05) is 0 Å². The van der Waals surface area contributed by atoms with Crippen molar-refractivity contribution in [3.05, 3.63) is 52.1 Å². The van der Waals surface area contributed by atoms with Gasteiger partial charge in [0.1, 0.15) is 6.08 Å². The number of nitro groups is 1. The highest BCUT2D eigenvalue weighted by atomic mass is 16.6. The zero-order valence-electron chi connectivity index (χ0n) is 7.08. The Bertz CT molecular complexity index is 383. The van der Waals surface area contributed by atoms with Gasteiger partial charge in [0.2, 0.25) is 0 Å². The van der Waals surface area contributed by atoms with E-state index < -0.39 is 16.6 Å². The number of carboxylic acids is 1. The number of rotatable bonds is 3. The maximum atomic E-state index is 10.5. The van der Waals surface area contributed by atoms with Crippen LogP contribution in [0.15, 0.2) is 36.4 Å². The molecule has 0 aliphatic carbocycles. The van der Waals surface area contributed by atoms with Crippen molar-refractivity contribution in [1.29, 1.82) is 0 Å². The highest BCUT2D eigenvalue weighted by Gasteiger charge is 2.14. The van der Waals surface area contributed by atoms with Gasteiger partial charge in [-0.1, -0.05) is 18.2 Å². The largest absolute Gasteiger partial charge is 0.478 e. The molecule has 1 aromatic rings. The van der Waals surface area contributed by atoms with E-state index in [9.17, 15) is 14.9 Å². The second kappa shape index (κ2) is 4.18. The molecule has 0 bridgehead atoms. The molecule has 0 amide bonds. The van der Waals surface area contributed by atoms with Gasteiger partial charge in [0.05, 0.1) is 10.5 Å². The summed E-state index contributed by atoms with van der Waals surface area (Å²) >= 11 is 0. The Hall–Kier alpha value is -2.17. The Labute approximate surface area is 79.4 Å². The summed E-state index contributed by atoms with van der Waals surface area (Å²) in [5, 5.41) is 18.9. The molecule has 0 radical (unpaired) electrons. The molecule has 0 aliphatic heterocycles. The maximum absolute atomic E-state index is 10.5. The van der Waals surface area contributed by atoms with Gasteiger partial charge in [-0.25, -0.2) is 4.79 Å². The fourth-order valence-corrected chi connectivity index (χ4v) is 0.967. The van der Waals surface area contributed by atoms with Gasteiger partial charge in [-0.2, -0.15) is 0 Å². The van der Waals surface area contributed by atoms with Crippen molar-refractivity contribution in [2.45, 2.75) is 0 Å². The van der Waals surface area contributed by atoms with Crippen LogP contribution in [-0.4, -0.2) is 16.0 Å². The van der Waals surface area contributed by atoms with Crippen molar-refractivity contribution >= 4 is 11.7 Å². The van der Waals surface area contributed by atoms with Crippen LogP contribution in [0.3, 0.4) is 0 Å². The fourth-order valence-electron chi connectivity index (χ4n) is 0.967. The molecule has 1 rings (SSSR count). The molecule has 0 aliphatic rings. The Balaban J connectivity index is 3.14. The third-order valence-electron chi connectivity index (χ3n) is 1.53. The Kier molecular flexibility index (Phi) is 2.96. The van der Waals surface area contributed by atoms with Crippen LogP contribution >= 0.6 is 0 Å². The minimum absolute atomic E-state index is 0.278. The molecule has 1 N–H and O–H groups in total. The first-order valence-corrected chi connectivity index (χ1v) is 3.75. The first kappa shape index (κ1) is 9.91. The minimum Gasteiger partial charge on any atom is -0.478 e. The molecule has 14 heavy (non-hydrogen) atoms. The predicted octanol–water partition coefficient (Wildman–Crippen LogP) is 1.39. The zero-order valence-corrected chi connectivity index (χ0v) is 7.08. The molecular formula is C9H7NO4. The molecule has 0 saturated heterocycles. The summed E-state index contributed by atoms with van der Waals surface area (Å²) in [4.78, 5) is 20.1. The van der Waals surface area contributed by atoms with Crippen LogP contribution in [-0.2, 0) is 4.79 Å². The Morgan fingerprint density at radius 3 is 2.36 bits per heavy atom. The molecule has 1 aromatic carbocycles. The van der Waals surface area contributed by atoms with Crippen LogP contribution in [0.5, 0.6) is 0 Å². The lowest BCUT2D eigenvalue weighted by Gasteiger charge is -1.96. The van der Waals surface area contributed by atoms with Gasteiger partial charge in [0.25, 0.3) is 5.70 Å². The second-order valence-corrected chi connectivity index (χ2v) is 2.49. The van der Waals surface area contributed by atoms with E-state index in [-0.39, 0.29) is 5.56 Å². The highest BCUT2D eigenvalue weighted by Crippen LogP contribution is 2.13. The van der Waals surface area contributed by atoms with Crippen LogP contribution < -0.4 is 0 Å². The van der Waals surface area contributed by atoms with E-state index in [2.05, 4.69) is 0 Å². The lowest BCUT2D eigenvalue weighted by molar-refractivity contribution is -0.375. The number of aliphatic carboxylic acids is 1. The summed E-state index contributed by atoms with van der Waals surface area (Å²) in [6.07, 6.45) is 0.579. The van der Waals surface area contributed by atoms with Gasteiger partial charge in [-0.15, -0.1) is 0 Å². The van der Waals surface area contributed by atoms with Crippen molar-refractivity contribution in [3.8, 4) is 0 Å². The number of carboxylic acid groups (broad SMARTS) is 1. The summed E-state index contributed by atoms with van der Waals surface area (Å²) in [5.41, 5.74) is -0.141. The van der Waals surface area contributed by atoms with Gasteiger partial charge in [0, 0.05) is 0 Å². The third-order valence-corrected chi connectivity index (χ3v) is 1.53. The first-order chi connectivity index (χ1) is 6.61. The predicted molar refractivity (Wildman–Crippen MR) is 49.0 cm³/mol. The van der Waals surface area contributed by atoms with E-state index in [4.69, 9.17) is 5.11 Å². The average Bonchev–Trinajstić information content (AvgIpc) is 2.15. The van der Waals surface area contributed by atoms with Gasteiger partial charge in [-0.3, -0.25) is 10.1 Å². The van der Waals surface area contributed by atoms with Gasteiger partial charge < -0.3 is 5.11 Å². The minimum atomic E-state index is -1.33. The number of carbonyl (C=O) groups is 1. The Morgan fingerprint density at radius 2 is 1.93 bits per heavy atom. The van der Waals surface area contributed by atoms with Crippen molar-refractivity contribution in [3.63, 3.8) is 0 Å². The summed E-state index contributed by atoms with van der Waals surface area (Å²) < 4.78 is 0. The van der Waals surface area contributed by atoms with Crippen LogP contribution in [0.25, 0.3) is 5.70 Å². The quantitative estimate of drug-likeness (QED) is 0.446. The number of benzene rings is 1. The van der Waals surface area contributed by atoms with E-state index in [1.807, 2.05) is 0 Å². The van der Waals surface area contributed by atoms with Gasteiger partial charge >= 0.3 is 5.97 Å². The first-order valence-electron chi connectivity index (χ1n) is 3.75. The lowest BCUT2D eigenvalue weighted by atomic mass is 10.1. The molecule has 5 heteroatoms. The number of hydrogen-bond acceptors (Lipinski definition) is 3. The van der Waals surface area contributed by atoms with Crippen LogP contribution in [0.4, 0.5) is 0 Å². The zero-order chi connectivity index (χ0) is 10.6. The van der Waals surface area contributed by atoms with Crippen molar-refractivity contribution < 1.29 is 14.8 Å². The molecule has 72 valence electrons. The molecule has 0 atom stereocenters. The number of nitrogens with zero attached hydrogens (tertiary/aromatic N) is 1. The second-order valence-electron chi connectivity index (χ2n) is 2.49. The molecular weight excluding hydrogens is 186 g/mol. The summed E-state index contributed by atoms with van der Waals surface area (Å²) in [6, 6.07) is 7.88. The van der Waals surface area contributed by atoms with E-state index in [0.717, 1.165) is 0 Å². The van der Waals surface area contributed by atoms with Crippen LogP contribution in [0.1, 0.15) is 5.56 Å². The van der Waals surface area contributed by atoms with Crippen molar-refractivity contribution in [2.24, 2.45) is 0 Å². The normalized spacial score (nSPS) is 11.0.